The first-order valence-electron chi connectivity index (χ1n) is 8.70. The molecule has 1 aliphatic heterocycles. The number of nitrogens with zero attached hydrogens (tertiary/aromatic N) is 2. The van der Waals surface area contributed by atoms with Gasteiger partial charge in [-0.15, -0.1) is 11.3 Å². The average Bonchev–Trinajstić information content (AvgIpc) is 3.29. The third-order valence-electron chi connectivity index (χ3n) is 4.73. The molecule has 0 saturated carbocycles. The van der Waals surface area contributed by atoms with Crippen molar-refractivity contribution in [1.29, 1.82) is 0 Å². The lowest BCUT2D eigenvalue weighted by atomic mass is 9.96. The van der Waals surface area contributed by atoms with Gasteiger partial charge in [-0.05, 0) is 43.4 Å². The molecule has 0 aliphatic carbocycles. The highest BCUT2D eigenvalue weighted by Crippen LogP contribution is 2.23. The van der Waals surface area contributed by atoms with Gasteiger partial charge in [0.1, 0.15) is 0 Å². The molecule has 1 atom stereocenters. The van der Waals surface area contributed by atoms with Gasteiger partial charge in [-0.3, -0.25) is 9.59 Å². The van der Waals surface area contributed by atoms with Crippen LogP contribution in [-0.2, 0) is 4.79 Å². The van der Waals surface area contributed by atoms with Gasteiger partial charge in [0.05, 0.1) is 5.92 Å². The summed E-state index contributed by atoms with van der Waals surface area (Å²) in [4.78, 5) is 35.6. The molecule has 2 amide bonds. The van der Waals surface area contributed by atoms with E-state index in [0.29, 0.717) is 23.8 Å². The first-order chi connectivity index (χ1) is 12.6. The molecule has 6 nitrogen and oxygen atoms in total. The molecule has 1 aromatic carbocycles. The van der Waals surface area contributed by atoms with Crippen LogP contribution in [0.2, 0.25) is 0 Å². The summed E-state index contributed by atoms with van der Waals surface area (Å²) in [7, 11) is 0. The number of aryl methyl sites for hydroxylation is 1. The number of hydrogen-bond donors (Lipinski definition) is 2. The number of anilines is 1. The highest BCUT2D eigenvalue weighted by molar-refractivity contribution is 7.15. The summed E-state index contributed by atoms with van der Waals surface area (Å²) in [6.07, 6.45) is 5.22. The number of aromatic amines is 1. The highest BCUT2D eigenvalue weighted by Gasteiger charge is 2.29. The second-order valence-electron chi connectivity index (χ2n) is 6.64. The van der Waals surface area contributed by atoms with E-state index in [9.17, 15) is 9.59 Å². The molecule has 0 bridgehead atoms. The Kier molecular flexibility index (Phi) is 4.46. The smallest absolute Gasteiger partial charge is 0.253 e. The summed E-state index contributed by atoms with van der Waals surface area (Å²) >= 11 is 1.46. The van der Waals surface area contributed by atoms with Crippen molar-refractivity contribution in [2.75, 3.05) is 18.4 Å². The number of carbonyl (C=O) groups is 2. The first kappa shape index (κ1) is 16.8. The van der Waals surface area contributed by atoms with Crippen molar-refractivity contribution in [3.63, 3.8) is 0 Å². The Bertz CT molecular complexity index is 961. The number of fused-ring (bicyclic) bond motifs is 1. The molecule has 0 spiro atoms. The minimum Gasteiger partial charge on any atom is -0.361 e. The normalized spacial score (nSPS) is 17.4. The van der Waals surface area contributed by atoms with Crippen molar-refractivity contribution >= 4 is 39.2 Å². The van der Waals surface area contributed by atoms with Gasteiger partial charge < -0.3 is 15.2 Å². The lowest BCUT2D eigenvalue weighted by Crippen LogP contribution is -2.43. The fraction of sp³-hybridized carbons (Fsp3) is 0.316. The van der Waals surface area contributed by atoms with Crippen LogP contribution in [0, 0.1) is 12.8 Å². The van der Waals surface area contributed by atoms with Crippen molar-refractivity contribution in [3.8, 4) is 0 Å². The van der Waals surface area contributed by atoms with Crippen LogP contribution in [0.1, 0.15) is 28.1 Å². The zero-order chi connectivity index (χ0) is 18.1. The topological polar surface area (TPSA) is 78.1 Å². The Labute approximate surface area is 155 Å². The summed E-state index contributed by atoms with van der Waals surface area (Å²) in [6, 6.07) is 7.64. The SMILES string of the molecule is Cc1cnc(NC(=O)[C@H]2CCCN(C(=O)c3ccc4cc[nH]c4c3)C2)s1. The van der Waals surface area contributed by atoms with Crippen molar-refractivity contribution in [3.05, 3.63) is 47.1 Å². The van der Waals surface area contributed by atoms with E-state index in [4.69, 9.17) is 0 Å². The number of H-pyrrole nitrogens is 1. The van der Waals surface area contributed by atoms with Crippen LogP contribution < -0.4 is 5.32 Å². The minimum absolute atomic E-state index is 0.0240. The van der Waals surface area contributed by atoms with Crippen LogP contribution in [0.25, 0.3) is 10.9 Å². The second-order valence-corrected chi connectivity index (χ2v) is 7.87. The number of thiazole rings is 1. The van der Waals surface area contributed by atoms with Crippen molar-refractivity contribution in [2.45, 2.75) is 19.8 Å². The number of nitrogens with one attached hydrogen (secondary N) is 2. The highest BCUT2D eigenvalue weighted by atomic mass is 32.1. The number of likely N-dealkylation sites (tertiary alicyclic amines) is 1. The Morgan fingerprint density at radius 2 is 2.23 bits per heavy atom. The zero-order valence-electron chi connectivity index (χ0n) is 14.5. The molecule has 1 fully saturated rings. The van der Waals surface area contributed by atoms with E-state index in [1.54, 1.807) is 11.1 Å². The van der Waals surface area contributed by atoms with Gasteiger partial charge in [0.15, 0.2) is 5.13 Å². The summed E-state index contributed by atoms with van der Waals surface area (Å²) < 4.78 is 0. The van der Waals surface area contributed by atoms with Crippen molar-refractivity contribution in [1.82, 2.24) is 14.9 Å². The van der Waals surface area contributed by atoms with Crippen molar-refractivity contribution < 1.29 is 9.59 Å². The van der Waals surface area contributed by atoms with Crippen molar-refractivity contribution in [2.24, 2.45) is 5.92 Å². The van der Waals surface area contributed by atoms with E-state index in [-0.39, 0.29) is 17.7 Å². The maximum absolute atomic E-state index is 12.9. The molecular weight excluding hydrogens is 348 g/mol. The van der Waals surface area contributed by atoms with E-state index in [1.807, 2.05) is 37.4 Å². The van der Waals surface area contributed by atoms with Crippen LogP contribution in [0.15, 0.2) is 36.7 Å². The molecule has 0 radical (unpaired) electrons. The molecule has 134 valence electrons. The predicted octanol–water partition coefficient (Wildman–Crippen LogP) is 3.42. The largest absolute Gasteiger partial charge is 0.361 e. The maximum Gasteiger partial charge on any atom is 0.253 e. The number of benzene rings is 1. The third kappa shape index (κ3) is 3.35. The average molecular weight is 368 g/mol. The van der Waals surface area contributed by atoms with Gasteiger partial charge in [-0.1, -0.05) is 6.07 Å². The van der Waals surface area contributed by atoms with Gasteiger partial charge in [-0.2, -0.15) is 0 Å². The molecule has 26 heavy (non-hydrogen) atoms. The molecule has 3 heterocycles. The van der Waals surface area contributed by atoms with Gasteiger partial charge in [0.25, 0.3) is 5.91 Å². The van der Waals surface area contributed by atoms with Crippen LogP contribution in [0.4, 0.5) is 5.13 Å². The summed E-state index contributed by atoms with van der Waals surface area (Å²) in [5.74, 6) is -0.285. The fourth-order valence-corrected chi connectivity index (χ4v) is 4.03. The number of carbonyl (C=O) groups excluding carboxylic acids is 2. The molecule has 3 aromatic rings. The Balaban J connectivity index is 1.45. The fourth-order valence-electron chi connectivity index (χ4n) is 3.36. The minimum atomic E-state index is -0.203. The van der Waals surface area contributed by atoms with E-state index in [0.717, 1.165) is 28.6 Å². The summed E-state index contributed by atoms with van der Waals surface area (Å²) in [5, 5.41) is 4.58. The van der Waals surface area contributed by atoms with Crippen LogP contribution >= 0.6 is 11.3 Å². The number of aromatic nitrogens is 2. The standard InChI is InChI=1S/C19H20N4O2S/c1-12-10-21-19(26-12)22-17(24)15-3-2-8-23(11-15)18(25)14-5-4-13-6-7-20-16(13)9-14/h4-7,9-10,15,20H,2-3,8,11H2,1H3,(H,21,22,24)/t15-/m0/s1. The molecular formula is C19H20N4O2S. The monoisotopic (exact) mass is 368 g/mol. The van der Waals surface area contributed by atoms with Gasteiger partial charge in [0.2, 0.25) is 5.91 Å². The Morgan fingerprint density at radius 1 is 1.35 bits per heavy atom. The van der Waals surface area contributed by atoms with Gasteiger partial charge in [0, 0.05) is 41.4 Å². The Hall–Kier alpha value is -2.67. The van der Waals surface area contributed by atoms with Crippen LogP contribution in [0.3, 0.4) is 0 Å². The molecule has 4 rings (SSSR count). The first-order valence-corrected chi connectivity index (χ1v) is 9.51. The molecule has 2 N–H and O–H groups in total. The lowest BCUT2D eigenvalue weighted by molar-refractivity contribution is -0.121. The lowest BCUT2D eigenvalue weighted by Gasteiger charge is -2.32. The third-order valence-corrected chi connectivity index (χ3v) is 5.56. The van der Waals surface area contributed by atoms with E-state index >= 15 is 0 Å². The van der Waals surface area contributed by atoms with Gasteiger partial charge >= 0.3 is 0 Å². The predicted molar refractivity (Wildman–Crippen MR) is 102 cm³/mol. The molecule has 1 aliphatic rings. The maximum atomic E-state index is 12.9. The number of hydrogen-bond acceptors (Lipinski definition) is 4. The molecule has 7 heteroatoms. The molecule has 0 unspecified atom stereocenters. The Morgan fingerprint density at radius 3 is 3.04 bits per heavy atom. The second kappa shape index (κ2) is 6.92. The summed E-state index contributed by atoms with van der Waals surface area (Å²) in [6.45, 7) is 3.08. The number of rotatable bonds is 3. The van der Waals surface area contributed by atoms with Crippen LogP contribution in [0.5, 0.6) is 0 Å². The number of amides is 2. The molecule has 1 saturated heterocycles. The van der Waals surface area contributed by atoms with Crippen LogP contribution in [-0.4, -0.2) is 39.8 Å². The van der Waals surface area contributed by atoms with Gasteiger partial charge in [-0.25, -0.2) is 4.98 Å². The van der Waals surface area contributed by atoms with E-state index in [2.05, 4.69) is 15.3 Å². The molecule has 2 aromatic heterocycles. The van der Waals surface area contributed by atoms with E-state index < -0.39 is 0 Å². The van der Waals surface area contributed by atoms with E-state index in [1.165, 1.54) is 11.3 Å². The zero-order valence-corrected chi connectivity index (χ0v) is 15.3. The number of piperidine rings is 1. The summed E-state index contributed by atoms with van der Waals surface area (Å²) in [5.41, 5.74) is 1.60. The quantitative estimate of drug-likeness (QED) is 0.743.